The summed E-state index contributed by atoms with van der Waals surface area (Å²) in [5, 5.41) is 4.42. The number of anilines is 1. The van der Waals surface area contributed by atoms with Gasteiger partial charge in [-0.1, -0.05) is 36.4 Å². The molecule has 0 saturated carbocycles. The number of pyridine rings is 1. The maximum atomic E-state index is 12.7. The molecule has 0 saturated heterocycles. The van der Waals surface area contributed by atoms with Gasteiger partial charge in [0.2, 0.25) is 10.0 Å². The predicted molar refractivity (Wildman–Crippen MR) is 113 cm³/mol. The van der Waals surface area contributed by atoms with Gasteiger partial charge in [0.05, 0.1) is 12.2 Å². The summed E-state index contributed by atoms with van der Waals surface area (Å²) in [6.07, 6.45) is 3.65. The standard InChI is InChI=1S/C20H18N4O3S2/c25-19(17-8-4-5-11-21-17)23-20-22-16-9-12-24(14-18(16)28-20)29(26,27)13-10-15-6-2-1-3-7-15/h1-8,10-11,13H,9,12,14H2,(H,22,23,25)/b13-10+. The van der Waals surface area contributed by atoms with Crippen molar-refractivity contribution in [2.75, 3.05) is 11.9 Å². The lowest BCUT2D eigenvalue weighted by Crippen LogP contribution is -2.34. The first-order valence-electron chi connectivity index (χ1n) is 8.95. The molecule has 148 valence electrons. The van der Waals surface area contributed by atoms with E-state index in [0.29, 0.717) is 23.8 Å². The number of sulfonamides is 1. The molecule has 2 aromatic heterocycles. The molecule has 1 aromatic carbocycles. The third-order valence-corrected chi connectivity index (χ3v) is 6.92. The normalized spacial score (nSPS) is 14.6. The van der Waals surface area contributed by atoms with Crippen LogP contribution in [-0.4, -0.2) is 35.1 Å². The van der Waals surface area contributed by atoms with E-state index < -0.39 is 10.0 Å². The highest BCUT2D eigenvalue weighted by Gasteiger charge is 2.28. The molecule has 1 aliphatic heterocycles. The molecule has 3 aromatic rings. The second-order valence-corrected chi connectivity index (χ2v) is 9.30. The van der Waals surface area contributed by atoms with Crippen molar-refractivity contribution in [2.24, 2.45) is 0 Å². The molecule has 7 nitrogen and oxygen atoms in total. The van der Waals surface area contributed by atoms with Crippen LogP contribution in [0, 0.1) is 0 Å². The van der Waals surface area contributed by atoms with Gasteiger partial charge in [0.15, 0.2) is 5.13 Å². The van der Waals surface area contributed by atoms with Crippen molar-refractivity contribution >= 4 is 38.5 Å². The zero-order chi connectivity index (χ0) is 20.3. The van der Waals surface area contributed by atoms with Crippen molar-refractivity contribution in [2.45, 2.75) is 13.0 Å². The molecular formula is C20H18N4O3S2. The summed E-state index contributed by atoms with van der Waals surface area (Å²) in [5.74, 6) is -0.341. The molecule has 0 radical (unpaired) electrons. The fourth-order valence-corrected chi connectivity index (χ4v) is 5.17. The Morgan fingerprint density at radius 3 is 2.69 bits per heavy atom. The van der Waals surface area contributed by atoms with Crippen LogP contribution >= 0.6 is 11.3 Å². The number of thiazole rings is 1. The summed E-state index contributed by atoms with van der Waals surface area (Å²) in [4.78, 5) is 21.5. The smallest absolute Gasteiger partial charge is 0.276 e. The number of benzene rings is 1. The van der Waals surface area contributed by atoms with Gasteiger partial charge in [0.1, 0.15) is 5.69 Å². The van der Waals surface area contributed by atoms with Gasteiger partial charge in [-0.15, -0.1) is 11.3 Å². The third-order valence-electron chi connectivity index (χ3n) is 4.41. The quantitative estimate of drug-likeness (QED) is 0.677. The molecular weight excluding hydrogens is 408 g/mol. The minimum absolute atomic E-state index is 0.244. The van der Waals surface area contributed by atoms with Crippen molar-refractivity contribution in [1.82, 2.24) is 14.3 Å². The molecule has 29 heavy (non-hydrogen) atoms. The van der Waals surface area contributed by atoms with E-state index in [9.17, 15) is 13.2 Å². The van der Waals surface area contributed by atoms with E-state index in [-0.39, 0.29) is 12.5 Å². The third kappa shape index (κ3) is 4.58. The fourth-order valence-electron chi connectivity index (χ4n) is 2.92. The minimum Gasteiger partial charge on any atom is -0.296 e. The van der Waals surface area contributed by atoms with Gasteiger partial charge in [-0.2, -0.15) is 4.31 Å². The molecule has 9 heteroatoms. The molecule has 1 aliphatic rings. The van der Waals surface area contributed by atoms with Crippen LogP contribution in [0.15, 0.2) is 60.1 Å². The number of nitrogens with one attached hydrogen (secondary N) is 1. The van der Waals surface area contributed by atoms with E-state index in [2.05, 4.69) is 15.3 Å². The van der Waals surface area contributed by atoms with Gasteiger partial charge in [-0.25, -0.2) is 13.4 Å². The fraction of sp³-hybridized carbons (Fsp3) is 0.150. The van der Waals surface area contributed by atoms with Gasteiger partial charge in [0.25, 0.3) is 5.91 Å². The lowest BCUT2D eigenvalue weighted by atomic mass is 10.2. The summed E-state index contributed by atoms with van der Waals surface area (Å²) in [7, 11) is -3.55. The molecule has 0 spiro atoms. The second kappa shape index (κ2) is 8.24. The van der Waals surface area contributed by atoms with Crippen LogP contribution in [0.25, 0.3) is 6.08 Å². The van der Waals surface area contributed by atoms with Crippen LogP contribution in [0.4, 0.5) is 5.13 Å². The molecule has 3 heterocycles. The Morgan fingerprint density at radius 1 is 1.14 bits per heavy atom. The molecule has 1 N–H and O–H groups in total. The number of hydrogen-bond donors (Lipinski definition) is 1. The van der Waals surface area contributed by atoms with Crippen LogP contribution in [0.2, 0.25) is 0 Å². The maximum Gasteiger partial charge on any atom is 0.276 e. The van der Waals surface area contributed by atoms with Crippen molar-refractivity contribution in [1.29, 1.82) is 0 Å². The first-order chi connectivity index (χ1) is 14.0. The predicted octanol–water partition coefficient (Wildman–Crippen LogP) is 3.15. The summed E-state index contributed by atoms with van der Waals surface area (Å²) in [6.45, 7) is 0.597. The van der Waals surface area contributed by atoms with Crippen molar-refractivity contribution < 1.29 is 13.2 Å². The number of carbonyl (C=O) groups is 1. The van der Waals surface area contributed by atoms with Gasteiger partial charge in [-0.3, -0.25) is 15.1 Å². The van der Waals surface area contributed by atoms with Crippen molar-refractivity contribution in [3.8, 4) is 0 Å². The van der Waals surface area contributed by atoms with E-state index in [1.165, 1.54) is 21.1 Å². The highest BCUT2D eigenvalue weighted by Crippen LogP contribution is 2.30. The zero-order valence-electron chi connectivity index (χ0n) is 15.4. The summed E-state index contributed by atoms with van der Waals surface area (Å²) >= 11 is 1.29. The highest BCUT2D eigenvalue weighted by molar-refractivity contribution is 7.92. The van der Waals surface area contributed by atoms with Gasteiger partial charge >= 0.3 is 0 Å². The monoisotopic (exact) mass is 426 g/mol. The van der Waals surface area contributed by atoms with E-state index in [1.807, 2.05) is 30.3 Å². The number of carbonyl (C=O) groups excluding carboxylic acids is 1. The number of rotatable bonds is 5. The van der Waals surface area contributed by atoms with Crippen LogP contribution in [0.5, 0.6) is 0 Å². The molecule has 0 fully saturated rings. The zero-order valence-corrected chi connectivity index (χ0v) is 17.0. The lowest BCUT2D eigenvalue weighted by molar-refractivity contribution is 0.102. The lowest BCUT2D eigenvalue weighted by Gasteiger charge is -2.23. The largest absolute Gasteiger partial charge is 0.296 e. The molecule has 4 rings (SSSR count). The Balaban J connectivity index is 1.46. The van der Waals surface area contributed by atoms with Crippen LogP contribution < -0.4 is 5.32 Å². The average Bonchev–Trinajstić information content (AvgIpc) is 3.15. The first-order valence-corrected chi connectivity index (χ1v) is 11.3. The van der Waals surface area contributed by atoms with E-state index in [0.717, 1.165) is 16.1 Å². The molecule has 1 amide bonds. The molecule has 0 unspecified atom stereocenters. The van der Waals surface area contributed by atoms with Crippen molar-refractivity contribution in [3.05, 3.63) is 82.0 Å². The number of aromatic nitrogens is 2. The Hall–Kier alpha value is -2.88. The summed E-state index contributed by atoms with van der Waals surface area (Å²) in [5.41, 5.74) is 1.95. The maximum absolute atomic E-state index is 12.7. The summed E-state index contributed by atoms with van der Waals surface area (Å²) < 4.78 is 26.8. The topological polar surface area (TPSA) is 92.3 Å². The van der Waals surface area contributed by atoms with Gasteiger partial charge < -0.3 is 0 Å². The number of nitrogens with zero attached hydrogens (tertiary/aromatic N) is 3. The SMILES string of the molecule is O=C(Nc1nc2c(s1)CN(S(=O)(=O)/C=C/c1ccccc1)CC2)c1ccccn1. The van der Waals surface area contributed by atoms with Crippen LogP contribution in [-0.2, 0) is 23.0 Å². The number of amides is 1. The van der Waals surface area contributed by atoms with Gasteiger partial charge in [-0.05, 0) is 23.8 Å². The van der Waals surface area contributed by atoms with Crippen molar-refractivity contribution in [3.63, 3.8) is 0 Å². The average molecular weight is 427 g/mol. The van der Waals surface area contributed by atoms with E-state index in [1.54, 1.807) is 30.5 Å². The Labute approximate surface area is 172 Å². The second-order valence-electron chi connectivity index (χ2n) is 6.40. The van der Waals surface area contributed by atoms with Gasteiger partial charge in [0, 0.05) is 29.4 Å². The molecule has 0 bridgehead atoms. The Morgan fingerprint density at radius 2 is 1.93 bits per heavy atom. The van der Waals surface area contributed by atoms with E-state index >= 15 is 0 Å². The first kappa shape index (κ1) is 19.4. The highest BCUT2D eigenvalue weighted by atomic mass is 32.2. The van der Waals surface area contributed by atoms with Crippen LogP contribution in [0.1, 0.15) is 26.6 Å². The number of fused-ring (bicyclic) bond motifs is 1. The van der Waals surface area contributed by atoms with Crippen LogP contribution in [0.3, 0.4) is 0 Å². The summed E-state index contributed by atoms with van der Waals surface area (Å²) in [6, 6.07) is 14.4. The Bertz CT molecular complexity index is 1140. The number of hydrogen-bond acceptors (Lipinski definition) is 6. The Kier molecular flexibility index (Phi) is 5.52. The minimum atomic E-state index is -3.55. The molecule has 0 aliphatic carbocycles. The van der Waals surface area contributed by atoms with E-state index in [4.69, 9.17) is 0 Å². The molecule has 0 atom stereocenters.